The normalized spacial score (nSPS) is 8.29. The van der Waals surface area contributed by atoms with Gasteiger partial charge in [0.15, 0.2) is 0 Å². The van der Waals surface area contributed by atoms with E-state index in [1.54, 1.807) is 0 Å². The fourth-order valence-corrected chi connectivity index (χ4v) is 0.929. The molecule has 0 saturated heterocycles. The summed E-state index contributed by atoms with van der Waals surface area (Å²) < 4.78 is 0. The molecule has 3 N–H and O–H groups in total. The lowest BCUT2D eigenvalue weighted by Crippen LogP contribution is -2.09. The maximum Gasteiger partial charge on any atom is 0.303 e. The third-order valence-corrected chi connectivity index (χ3v) is 1.56. The second-order valence-corrected chi connectivity index (χ2v) is 2.77. The molecule has 0 aliphatic carbocycles. The van der Waals surface area contributed by atoms with Crippen LogP contribution in [0.4, 0.5) is 0 Å². The first-order chi connectivity index (χ1) is 5.63. The number of halogens is 2. The molecule has 6 heteroatoms. The van der Waals surface area contributed by atoms with Crippen molar-refractivity contribution < 1.29 is 14.7 Å². The minimum absolute atomic E-state index is 0. The van der Waals surface area contributed by atoms with Gasteiger partial charge in [-0.05, 0) is 12.8 Å². The predicted octanol–water partition coefficient (Wildman–Crippen LogP) is 1.74. The minimum atomic E-state index is -0.759. The molecule has 1 amide bonds. The van der Waals surface area contributed by atoms with E-state index >= 15 is 0 Å². The topological polar surface area (TPSA) is 80.4 Å². The molecule has 0 aromatic carbocycles. The molecular formula is C8H17Cl2NO3. The van der Waals surface area contributed by atoms with Crippen molar-refractivity contribution in [2.24, 2.45) is 5.73 Å². The Labute approximate surface area is 96.1 Å². The van der Waals surface area contributed by atoms with Gasteiger partial charge in [0.25, 0.3) is 0 Å². The molecule has 0 aromatic rings. The first kappa shape index (κ1) is 19.1. The zero-order valence-corrected chi connectivity index (χ0v) is 9.53. The Balaban J connectivity index is -0.000000605. The number of nitrogens with two attached hydrogens (primary N) is 1. The summed E-state index contributed by atoms with van der Waals surface area (Å²) in [6.45, 7) is 0. The average molecular weight is 246 g/mol. The number of unbranched alkanes of at least 4 members (excludes halogenated alkanes) is 3. The molecule has 0 atom stereocenters. The van der Waals surface area contributed by atoms with Crippen LogP contribution in [0, 0.1) is 0 Å². The number of hydrogen-bond donors (Lipinski definition) is 2. The van der Waals surface area contributed by atoms with Gasteiger partial charge in [0.05, 0.1) is 0 Å². The van der Waals surface area contributed by atoms with Crippen molar-refractivity contribution in [3.05, 3.63) is 0 Å². The third kappa shape index (κ3) is 17.6. The molecule has 0 aliphatic heterocycles. The van der Waals surface area contributed by atoms with Crippen LogP contribution in [0.5, 0.6) is 0 Å². The lowest BCUT2D eigenvalue weighted by molar-refractivity contribution is -0.137. The predicted molar refractivity (Wildman–Crippen MR) is 59.0 cm³/mol. The molecule has 0 fully saturated rings. The van der Waals surface area contributed by atoms with Gasteiger partial charge in [0.2, 0.25) is 5.91 Å². The molecule has 14 heavy (non-hydrogen) atoms. The van der Waals surface area contributed by atoms with Crippen LogP contribution in [-0.4, -0.2) is 17.0 Å². The molecular weight excluding hydrogens is 229 g/mol. The Morgan fingerprint density at radius 2 is 1.36 bits per heavy atom. The average Bonchev–Trinajstić information content (AvgIpc) is 1.95. The lowest BCUT2D eigenvalue weighted by Gasteiger charge is -1.96. The van der Waals surface area contributed by atoms with Crippen molar-refractivity contribution in [1.29, 1.82) is 0 Å². The summed E-state index contributed by atoms with van der Waals surface area (Å²) in [4.78, 5) is 20.3. The van der Waals surface area contributed by atoms with Gasteiger partial charge in [0.1, 0.15) is 0 Å². The van der Waals surface area contributed by atoms with Gasteiger partial charge >= 0.3 is 5.97 Å². The number of carboxylic acids is 1. The van der Waals surface area contributed by atoms with Crippen molar-refractivity contribution in [1.82, 2.24) is 0 Å². The summed E-state index contributed by atoms with van der Waals surface area (Å²) in [5.41, 5.74) is 4.92. The van der Waals surface area contributed by atoms with Crippen LogP contribution in [0.15, 0.2) is 0 Å². The lowest BCUT2D eigenvalue weighted by atomic mass is 10.1. The number of hydrogen-bond acceptors (Lipinski definition) is 2. The summed E-state index contributed by atoms with van der Waals surface area (Å²) >= 11 is 0. The van der Waals surface area contributed by atoms with Crippen molar-refractivity contribution in [3.8, 4) is 0 Å². The van der Waals surface area contributed by atoms with E-state index in [9.17, 15) is 9.59 Å². The molecule has 4 nitrogen and oxygen atoms in total. The molecule has 0 unspecified atom stereocenters. The highest BCUT2D eigenvalue weighted by Gasteiger charge is 1.97. The number of carbonyl (C=O) groups is 2. The van der Waals surface area contributed by atoms with Crippen LogP contribution < -0.4 is 5.73 Å². The van der Waals surface area contributed by atoms with Gasteiger partial charge in [-0.3, -0.25) is 9.59 Å². The number of aliphatic carboxylic acids is 1. The van der Waals surface area contributed by atoms with Crippen LogP contribution in [0.25, 0.3) is 0 Å². The van der Waals surface area contributed by atoms with E-state index in [0.717, 1.165) is 19.3 Å². The summed E-state index contributed by atoms with van der Waals surface area (Å²) in [5, 5.41) is 8.28. The monoisotopic (exact) mass is 245 g/mol. The van der Waals surface area contributed by atoms with Gasteiger partial charge in [-0.25, -0.2) is 0 Å². The van der Waals surface area contributed by atoms with E-state index in [1.165, 1.54) is 0 Å². The summed E-state index contributed by atoms with van der Waals surface area (Å²) in [6, 6.07) is 0. The Morgan fingerprint density at radius 1 is 0.929 bits per heavy atom. The fraction of sp³-hybridized carbons (Fsp3) is 0.750. The summed E-state index contributed by atoms with van der Waals surface area (Å²) in [6.07, 6.45) is 3.84. The minimum Gasteiger partial charge on any atom is -0.481 e. The quantitative estimate of drug-likeness (QED) is 0.671. The molecule has 86 valence electrons. The first-order valence-electron chi connectivity index (χ1n) is 4.13. The van der Waals surface area contributed by atoms with Gasteiger partial charge in [-0.2, -0.15) is 0 Å². The largest absolute Gasteiger partial charge is 0.481 e. The van der Waals surface area contributed by atoms with E-state index < -0.39 is 5.97 Å². The molecule has 0 bridgehead atoms. The van der Waals surface area contributed by atoms with Crippen LogP contribution in [0.2, 0.25) is 0 Å². The molecule has 0 saturated carbocycles. The van der Waals surface area contributed by atoms with E-state index in [1.807, 2.05) is 0 Å². The number of carbonyl (C=O) groups excluding carboxylic acids is 1. The highest BCUT2D eigenvalue weighted by molar-refractivity contribution is 5.85. The van der Waals surface area contributed by atoms with Crippen LogP contribution in [0.3, 0.4) is 0 Å². The number of amides is 1. The van der Waals surface area contributed by atoms with Crippen molar-refractivity contribution >= 4 is 36.7 Å². The van der Waals surface area contributed by atoms with Crippen LogP contribution in [-0.2, 0) is 9.59 Å². The number of primary amides is 1. The van der Waals surface area contributed by atoms with Gasteiger partial charge in [-0.1, -0.05) is 12.8 Å². The molecule has 0 heterocycles. The second kappa shape index (κ2) is 12.5. The highest BCUT2D eigenvalue weighted by atomic mass is 35.5. The highest BCUT2D eigenvalue weighted by Crippen LogP contribution is 2.04. The summed E-state index contributed by atoms with van der Waals surface area (Å²) in [7, 11) is 0. The van der Waals surface area contributed by atoms with E-state index in [0.29, 0.717) is 12.8 Å². The summed E-state index contributed by atoms with van der Waals surface area (Å²) in [5.74, 6) is -1.04. The van der Waals surface area contributed by atoms with Crippen molar-refractivity contribution in [3.63, 3.8) is 0 Å². The van der Waals surface area contributed by atoms with E-state index in [4.69, 9.17) is 10.8 Å². The van der Waals surface area contributed by atoms with Gasteiger partial charge in [-0.15, -0.1) is 24.8 Å². The standard InChI is InChI=1S/C8H15NO3.2ClH/c9-7(10)5-3-1-2-4-6-8(11)12;;/h1-6H2,(H2,9,10)(H,11,12);2*1H. The van der Waals surface area contributed by atoms with Gasteiger partial charge < -0.3 is 10.8 Å². The smallest absolute Gasteiger partial charge is 0.303 e. The Bertz CT molecular complexity index is 147. The van der Waals surface area contributed by atoms with Crippen molar-refractivity contribution in [2.45, 2.75) is 38.5 Å². The molecule has 0 spiro atoms. The Kier molecular flexibility index (Phi) is 17.1. The maximum atomic E-state index is 10.3. The molecule has 0 aliphatic rings. The van der Waals surface area contributed by atoms with Crippen LogP contribution in [0.1, 0.15) is 38.5 Å². The zero-order valence-electron chi connectivity index (χ0n) is 7.90. The van der Waals surface area contributed by atoms with E-state index in [2.05, 4.69) is 0 Å². The number of carboxylic acid groups (broad SMARTS) is 1. The zero-order chi connectivity index (χ0) is 9.40. The molecule has 0 radical (unpaired) electrons. The van der Waals surface area contributed by atoms with E-state index in [-0.39, 0.29) is 37.1 Å². The third-order valence-electron chi connectivity index (χ3n) is 1.56. The first-order valence-corrected chi connectivity index (χ1v) is 4.13. The maximum absolute atomic E-state index is 10.3. The molecule has 0 rings (SSSR count). The number of rotatable bonds is 7. The van der Waals surface area contributed by atoms with Gasteiger partial charge in [0, 0.05) is 12.8 Å². The Hall–Kier alpha value is -0.480. The molecule has 0 aromatic heterocycles. The second-order valence-electron chi connectivity index (χ2n) is 2.77. The Morgan fingerprint density at radius 3 is 1.71 bits per heavy atom. The SMILES string of the molecule is Cl.Cl.NC(=O)CCCCCCC(=O)O. The van der Waals surface area contributed by atoms with Crippen LogP contribution >= 0.6 is 24.8 Å². The fourth-order valence-electron chi connectivity index (χ4n) is 0.929. The van der Waals surface area contributed by atoms with Crippen molar-refractivity contribution in [2.75, 3.05) is 0 Å².